The first-order valence-corrected chi connectivity index (χ1v) is 16.8. The Morgan fingerprint density at radius 1 is 1.00 bits per heavy atom. The summed E-state index contributed by atoms with van der Waals surface area (Å²) in [6, 6.07) is 12.8. The summed E-state index contributed by atoms with van der Waals surface area (Å²) in [6.45, 7) is 8.97. The zero-order valence-electron chi connectivity index (χ0n) is 25.4. The molecule has 3 heterocycles. The van der Waals surface area contributed by atoms with E-state index in [0.717, 1.165) is 69.4 Å². The number of anilines is 1. The van der Waals surface area contributed by atoms with E-state index in [1.807, 2.05) is 13.0 Å². The van der Waals surface area contributed by atoms with Gasteiger partial charge in [-0.1, -0.05) is 100 Å². The monoisotopic (exact) mass is 604 g/mol. The van der Waals surface area contributed by atoms with Gasteiger partial charge in [0.2, 0.25) is 0 Å². The summed E-state index contributed by atoms with van der Waals surface area (Å²) in [5, 5.41) is 10.0. The minimum absolute atomic E-state index is 0.0720. The van der Waals surface area contributed by atoms with Crippen LogP contribution >= 0.6 is 24.0 Å². The standard InChI is InChI=1S/C34H44N4O2S2/c1-4-6-8-9-13-19-38-33(40)30(42-34(38)41)23-28-25(3)29(24-35)32(39)37(18-7-5-2)31(28)36-20-16-27(17-21-36)22-26-14-11-10-12-15-26/h10-12,14-15,23,27H,4-9,13,16-22H2,1-3H3. The van der Waals surface area contributed by atoms with Gasteiger partial charge in [0.15, 0.2) is 0 Å². The molecule has 6 nitrogen and oxygen atoms in total. The second-order valence-electron chi connectivity index (χ2n) is 11.5. The van der Waals surface area contributed by atoms with Gasteiger partial charge in [-0.2, -0.15) is 5.26 Å². The van der Waals surface area contributed by atoms with Crippen LogP contribution < -0.4 is 10.5 Å². The molecule has 224 valence electrons. The Balaban J connectivity index is 1.66. The number of amides is 1. The highest BCUT2D eigenvalue weighted by molar-refractivity contribution is 8.26. The fraction of sp³-hybridized carbons (Fsp3) is 0.529. The summed E-state index contributed by atoms with van der Waals surface area (Å²) >= 11 is 6.96. The van der Waals surface area contributed by atoms with Crippen LogP contribution in [0.4, 0.5) is 5.82 Å². The maximum Gasteiger partial charge on any atom is 0.270 e. The van der Waals surface area contributed by atoms with E-state index in [4.69, 9.17) is 12.2 Å². The number of rotatable bonds is 13. The van der Waals surface area contributed by atoms with Gasteiger partial charge in [-0.25, -0.2) is 0 Å². The minimum atomic E-state index is -0.235. The van der Waals surface area contributed by atoms with Crippen LogP contribution in [0.5, 0.6) is 0 Å². The van der Waals surface area contributed by atoms with Crippen molar-refractivity contribution in [2.45, 2.75) is 91.5 Å². The van der Waals surface area contributed by atoms with Gasteiger partial charge in [0.1, 0.15) is 21.8 Å². The smallest absolute Gasteiger partial charge is 0.270 e. The summed E-state index contributed by atoms with van der Waals surface area (Å²) in [5.41, 5.74) is 2.72. The first-order valence-electron chi connectivity index (χ1n) is 15.6. The van der Waals surface area contributed by atoms with E-state index in [1.165, 1.54) is 36.6 Å². The molecule has 2 aliphatic heterocycles. The zero-order valence-corrected chi connectivity index (χ0v) is 27.0. The number of thiocarbonyl (C=S) groups is 1. The molecule has 1 aromatic heterocycles. The molecule has 1 aromatic carbocycles. The van der Waals surface area contributed by atoms with E-state index in [1.54, 1.807) is 9.47 Å². The second-order valence-corrected chi connectivity index (χ2v) is 13.2. The molecule has 4 rings (SSSR count). The topological polar surface area (TPSA) is 69.3 Å². The molecule has 0 radical (unpaired) electrons. The lowest BCUT2D eigenvalue weighted by atomic mass is 9.90. The van der Waals surface area contributed by atoms with Crippen molar-refractivity contribution in [1.29, 1.82) is 5.26 Å². The lowest BCUT2D eigenvalue weighted by molar-refractivity contribution is -0.122. The van der Waals surface area contributed by atoms with E-state index >= 15 is 0 Å². The number of hydrogen-bond acceptors (Lipinski definition) is 6. The Morgan fingerprint density at radius 2 is 1.69 bits per heavy atom. The van der Waals surface area contributed by atoms with Crippen LogP contribution in [0.3, 0.4) is 0 Å². The number of nitriles is 1. The van der Waals surface area contributed by atoms with Crippen molar-refractivity contribution in [2.75, 3.05) is 24.5 Å². The van der Waals surface area contributed by atoms with Crippen molar-refractivity contribution in [3.63, 3.8) is 0 Å². The van der Waals surface area contributed by atoms with E-state index in [2.05, 4.69) is 55.1 Å². The summed E-state index contributed by atoms with van der Waals surface area (Å²) in [4.78, 5) is 31.8. The van der Waals surface area contributed by atoms with Crippen molar-refractivity contribution in [3.05, 3.63) is 67.8 Å². The number of piperidine rings is 1. The molecule has 0 aliphatic carbocycles. The maximum atomic E-state index is 13.6. The summed E-state index contributed by atoms with van der Waals surface area (Å²) in [6.07, 6.45) is 12.4. The number of unbranched alkanes of at least 4 members (excludes halogenated alkanes) is 5. The third-order valence-electron chi connectivity index (χ3n) is 8.50. The molecule has 2 fully saturated rings. The highest BCUT2D eigenvalue weighted by Crippen LogP contribution is 2.37. The van der Waals surface area contributed by atoms with Crippen LogP contribution in [0.1, 0.15) is 93.9 Å². The Kier molecular flexibility index (Phi) is 11.9. The van der Waals surface area contributed by atoms with E-state index in [-0.39, 0.29) is 17.0 Å². The average Bonchev–Trinajstić information content (AvgIpc) is 3.26. The van der Waals surface area contributed by atoms with Crippen LogP contribution in [0.25, 0.3) is 6.08 Å². The van der Waals surface area contributed by atoms with Crippen molar-refractivity contribution in [1.82, 2.24) is 9.47 Å². The Bertz CT molecular complexity index is 1380. The van der Waals surface area contributed by atoms with Crippen LogP contribution in [0.15, 0.2) is 40.0 Å². The van der Waals surface area contributed by atoms with Gasteiger partial charge in [-0.3, -0.25) is 19.1 Å². The van der Waals surface area contributed by atoms with Crippen molar-refractivity contribution in [2.24, 2.45) is 5.92 Å². The number of benzene rings is 1. The Hall–Kier alpha value is -2.89. The lowest BCUT2D eigenvalue weighted by Crippen LogP contribution is -2.40. The van der Waals surface area contributed by atoms with Crippen molar-refractivity contribution in [3.8, 4) is 6.07 Å². The highest BCUT2D eigenvalue weighted by Gasteiger charge is 2.33. The van der Waals surface area contributed by atoms with Gasteiger partial charge in [-0.15, -0.1) is 0 Å². The molecular formula is C34H44N4O2S2. The molecule has 0 N–H and O–H groups in total. The third-order valence-corrected chi connectivity index (χ3v) is 9.88. The van der Waals surface area contributed by atoms with Gasteiger partial charge in [0.25, 0.3) is 11.5 Å². The predicted octanol–water partition coefficient (Wildman–Crippen LogP) is 7.46. The van der Waals surface area contributed by atoms with Crippen molar-refractivity contribution < 1.29 is 4.79 Å². The molecule has 0 unspecified atom stereocenters. The highest BCUT2D eigenvalue weighted by atomic mass is 32.2. The fourth-order valence-electron chi connectivity index (χ4n) is 6.00. The quantitative estimate of drug-likeness (QED) is 0.134. The fourth-order valence-corrected chi connectivity index (χ4v) is 7.29. The van der Waals surface area contributed by atoms with E-state index in [0.29, 0.717) is 33.8 Å². The number of hydrogen-bond donors (Lipinski definition) is 0. The number of carbonyl (C=O) groups excluding carboxylic acids is 1. The summed E-state index contributed by atoms with van der Waals surface area (Å²) in [5.74, 6) is 1.35. The van der Waals surface area contributed by atoms with Crippen LogP contribution in [-0.2, 0) is 17.8 Å². The molecule has 42 heavy (non-hydrogen) atoms. The molecule has 0 spiro atoms. The molecule has 1 amide bonds. The first-order chi connectivity index (χ1) is 20.4. The van der Waals surface area contributed by atoms with Gasteiger partial charge < -0.3 is 4.90 Å². The number of thioether (sulfide) groups is 1. The van der Waals surface area contributed by atoms with Gasteiger partial charge in [-0.05, 0) is 62.1 Å². The molecule has 0 saturated carbocycles. The summed E-state index contributed by atoms with van der Waals surface area (Å²) < 4.78 is 2.38. The largest absolute Gasteiger partial charge is 0.357 e. The normalized spacial score (nSPS) is 17.0. The Labute approximate surface area is 260 Å². The number of pyridine rings is 1. The predicted molar refractivity (Wildman–Crippen MR) is 179 cm³/mol. The zero-order chi connectivity index (χ0) is 30.1. The maximum absolute atomic E-state index is 13.6. The van der Waals surface area contributed by atoms with Crippen LogP contribution in [0.2, 0.25) is 0 Å². The number of carbonyl (C=O) groups is 1. The van der Waals surface area contributed by atoms with E-state index < -0.39 is 0 Å². The third kappa shape index (κ3) is 7.54. The molecule has 2 aromatic rings. The summed E-state index contributed by atoms with van der Waals surface area (Å²) in [7, 11) is 0. The minimum Gasteiger partial charge on any atom is -0.357 e. The number of nitrogens with zero attached hydrogens (tertiary/aromatic N) is 4. The van der Waals surface area contributed by atoms with Crippen molar-refractivity contribution >= 4 is 46.1 Å². The molecule has 2 saturated heterocycles. The second kappa shape index (κ2) is 15.5. The Morgan fingerprint density at radius 3 is 2.36 bits per heavy atom. The van der Waals surface area contributed by atoms with E-state index in [9.17, 15) is 14.9 Å². The first kappa shape index (κ1) is 32.0. The van der Waals surface area contributed by atoms with Gasteiger partial charge in [0, 0.05) is 31.7 Å². The molecule has 8 heteroatoms. The van der Waals surface area contributed by atoms with Gasteiger partial charge in [0.05, 0.1) is 4.91 Å². The lowest BCUT2D eigenvalue weighted by Gasteiger charge is -2.36. The number of aromatic nitrogens is 1. The van der Waals surface area contributed by atoms with Crippen LogP contribution in [0, 0.1) is 24.2 Å². The SMILES string of the molecule is CCCCCCCN1C(=O)C(=Cc2c(C)c(C#N)c(=O)n(CCCC)c2N2CCC(Cc3ccccc3)CC2)SC1=S. The molecular weight excluding hydrogens is 561 g/mol. The molecule has 0 atom stereocenters. The van der Waals surface area contributed by atoms with Crippen LogP contribution in [-0.4, -0.2) is 39.3 Å². The molecule has 0 bridgehead atoms. The molecule has 2 aliphatic rings. The average molecular weight is 605 g/mol. The van der Waals surface area contributed by atoms with Gasteiger partial charge >= 0.3 is 0 Å².